The van der Waals surface area contributed by atoms with Gasteiger partial charge in [-0.3, -0.25) is 9.48 Å². The molecular formula is C10H12BrN3OS. The molecule has 0 saturated carbocycles. The number of nitrogens with one attached hydrogen (secondary N) is 1. The van der Waals surface area contributed by atoms with Gasteiger partial charge >= 0.3 is 0 Å². The van der Waals surface area contributed by atoms with Gasteiger partial charge in [0.2, 0.25) is 0 Å². The van der Waals surface area contributed by atoms with Crippen LogP contribution in [-0.4, -0.2) is 9.78 Å². The van der Waals surface area contributed by atoms with E-state index in [2.05, 4.69) is 21.0 Å². The van der Waals surface area contributed by atoms with Crippen molar-refractivity contribution in [1.82, 2.24) is 9.78 Å². The minimum atomic E-state index is -0.550. The van der Waals surface area contributed by atoms with Gasteiger partial charge in [-0.25, -0.2) is 0 Å². The van der Waals surface area contributed by atoms with Gasteiger partial charge in [0.1, 0.15) is 0 Å². The van der Waals surface area contributed by atoms with Crippen LogP contribution in [0.25, 0.3) is 0 Å². The van der Waals surface area contributed by atoms with Crippen molar-refractivity contribution >= 4 is 27.3 Å². The highest BCUT2D eigenvalue weighted by molar-refractivity contribution is 9.10. The molecule has 0 radical (unpaired) electrons. The third-order valence-corrected chi connectivity index (χ3v) is 4.31. The first-order valence-corrected chi connectivity index (χ1v) is 6.44. The van der Waals surface area contributed by atoms with Gasteiger partial charge in [-0.2, -0.15) is 0 Å². The standard InChI is InChI=1S/C10H12BrN3OS/c1-10(12,8-4-7(11)5-16-8)6-14-9(15)2-3-13-14/h2-5,13H,6,12H2,1H3. The molecule has 0 fully saturated rings. The lowest BCUT2D eigenvalue weighted by atomic mass is 10.0. The fraction of sp³-hybridized carbons (Fsp3) is 0.300. The topological polar surface area (TPSA) is 63.8 Å². The minimum absolute atomic E-state index is 0.0627. The zero-order valence-electron chi connectivity index (χ0n) is 8.74. The molecule has 6 heteroatoms. The summed E-state index contributed by atoms with van der Waals surface area (Å²) in [6.07, 6.45) is 1.61. The molecule has 0 aliphatic rings. The summed E-state index contributed by atoms with van der Waals surface area (Å²) in [4.78, 5) is 12.4. The highest BCUT2D eigenvalue weighted by Gasteiger charge is 2.24. The van der Waals surface area contributed by atoms with Crippen LogP contribution in [-0.2, 0) is 12.1 Å². The first kappa shape index (κ1) is 11.6. The molecule has 1 atom stereocenters. The molecule has 4 nitrogen and oxygen atoms in total. The Hall–Kier alpha value is -0.850. The van der Waals surface area contributed by atoms with Crippen molar-refractivity contribution in [3.05, 3.63) is 43.4 Å². The van der Waals surface area contributed by atoms with Crippen LogP contribution >= 0.6 is 27.3 Å². The Morgan fingerprint density at radius 1 is 1.69 bits per heavy atom. The highest BCUT2D eigenvalue weighted by Crippen LogP contribution is 2.28. The number of aromatic amines is 1. The molecule has 3 N–H and O–H groups in total. The van der Waals surface area contributed by atoms with Crippen molar-refractivity contribution in [3.8, 4) is 0 Å². The maximum absolute atomic E-state index is 11.4. The van der Waals surface area contributed by atoms with Gasteiger partial charge in [0, 0.05) is 27.0 Å². The van der Waals surface area contributed by atoms with Crippen LogP contribution in [0.5, 0.6) is 0 Å². The largest absolute Gasteiger partial charge is 0.319 e. The molecule has 0 aliphatic heterocycles. The lowest BCUT2D eigenvalue weighted by Gasteiger charge is -2.23. The number of hydrogen-bond acceptors (Lipinski definition) is 3. The Morgan fingerprint density at radius 3 is 2.94 bits per heavy atom. The Morgan fingerprint density at radius 2 is 2.44 bits per heavy atom. The van der Waals surface area contributed by atoms with E-state index in [0.717, 1.165) is 9.35 Å². The molecule has 0 bridgehead atoms. The normalized spacial score (nSPS) is 14.9. The van der Waals surface area contributed by atoms with E-state index in [1.807, 2.05) is 18.4 Å². The van der Waals surface area contributed by atoms with Crippen molar-refractivity contribution in [2.75, 3.05) is 0 Å². The van der Waals surface area contributed by atoms with Crippen LogP contribution in [0.3, 0.4) is 0 Å². The molecule has 2 aromatic rings. The fourth-order valence-electron chi connectivity index (χ4n) is 1.49. The molecule has 0 spiro atoms. The summed E-state index contributed by atoms with van der Waals surface area (Å²) >= 11 is 4.98. The second kappa shape index (κ2) is 4.20. The first-order chi connectivity index (χ1) is 7.49. The van der Waals surface area contributed by atoms with Gasteiger partial charge in [-0.05, 0) is 28.9 Å². The summed E-state index contributed by atoms with van der Waals surface area (Å²) in [6.45, 7) is 2.35. The molecule has 2 heterocycles. The van der Waals surface area contributed by atoms with Crippen LogP contribution in [0.1, 0.15) is 11.8 Å². The molecule has 16 heavy (non-hydrogen) atoms. The SMILES string of the molecule is CC(N)(Cn1[nH]ccc1=O)c1cc(Br)cs1. The lowest BCUT2D eigenvalue weighted by Crippen LogP contribution is -2.39. The molecule has 2 aromatic heterocycles. The third kappa shape index (κ3) is 2.28. The van der Waals surface area contributed by atoms with Crippen molar-refractivity contribution in [2.24, 2.45) is 5.73 Å². The molecule has 1 unspecified atom stereocenters. The summed E-state index contributed by atoms with van der Waals surface area (Å²) < 4.78 is 2.52. The summed E-state index contributed by atoms with van der Waals surface area (Å²) in [5.41, 5.74) is 5.61. The van der Waals surface area contributed by atoms with E-state index in [0.29, 0.717) is 6.54 Å². The highest BCUT2D eigenvalue weighted by atomic mass is 79.9. The summed E-state index contributed by atoms with van der Waals surface area (Å²) in [5, 5.41) is 4.84. The van der Waals surface area contributed by atoms with E-state index in [1.54, 1.807) is 17.5 Å². The van der Waals surface area contributed by atoms with Crippen LogP contribution in [0.15, 0.2) is 33.0 Å². The van der Waals surface area contributed by atoms with Crippen LogP contribution in [0, 0.1) is 0 Å². The summed E-state index contributed by atoms with van der Waals surface area (Å²) in [5.74, 6) is 0. The number of H-pyrrole nitrogens is 1. The summed E-state index contributed by atoms with van der Waals surface area (Å²) in [7, 11) is 0. The van der Waals surface area contributed by atoms with Crippen LogP contribution in [0.4, 0.5) is 0 Å². The number of halogens is 1. The average Bonchev–Trinajstić information content (AvgIpc) is 2.77. The fourth-order valence-corrected chi connectivity index (χ4v) is 2.99. The number of hydrogen-bond donors (Lipinski definition) is 2. The maximum atomic E-state index is 11.4. The van der Waals surface area contributed by atoms with Gasteiger partial charge in [-0.1, -0.05) is 0 Å². The van der Waals surface area contributed by atoms with Crippen molar-refractivity contribution in [1.29, 1.82) is 0 Å². The van der Waals surface area contributed by atoms with Gasteiger partial charge < -0.3 is 10.8 Å². The van der Waals surface area contributed by atoms with Gasteiger partial charge in [-0.15, -0.1) is 11.3 Å². The van der Waals surface area contributed by atoms with Gasteiger partial charge in [0.25, 0.3) is 5.56 Å². The molecule has 2 rings (SSSR count). The Kier molecular flexibility index (Phi) is 3.05. The van der Waals surface area contributed by atoms with E-state index in [9.17, 15) is 4.79 Å². The van der Waals surface area contributed by atoms with E-state index >= 15 is 0 Å². The predicted molar refractivity (Wildman–Crippen MR) is 68.6 cm³/mol. The molecule has 0 aliphatic carbocycles. The number of rotatable bonds is 3. The van der Waals surface area contributed by atoms with Crippen molar-refractivity contribution < 1.29 is 0 Å². The van der Waals surface area contributed by atoms with Gasteiger partial charge in [0.15, 0.2) is 0 Å². The first-order valence-electron chi connectivity index (χ1n) is 4.77. The van der Waals surface area contributed by atoms with Crippen LogP contribution < -0.4 is 11.3 Å². The predicted octanol–water partition coefficient (Wildman–Crippen LogP) is 1.87. The van der Waals surface area contributed by atoms with Gasteiger partial charge in [0.05, 0.1) is 12.1 Å². The Bertz CT molecular complexity index is 540. The van der Waals surface area contributed by atoms with E-state index < -0.39 is 5.54 Å². The number of nitrogens with two attached hydrogens (primary N) is 1. The molecule has 0 amide bonds. The quantitative estimate of drug-likeness (QED) is 0.909. The smallest absolute Gasteiger partial charge is 0.266 e. The molecule has 0 saturated heterocycles. The van der Waals surface area contributed by atoms with Crippen LogP contribution in [0.2, 0.25) is 0 Å². The monoisotopic (exact) mass is 301 g/mol. The van der Waals surface area contributed by atoms with Crippen molar-refractivity contribution in [2.45, 2.75) is 19.0 Å². The number of aromatic nitrogens is 2. The van der Waals surface area contributed by atoms with E-state index in [-0.39, 0.29) is 5.56 Å². The lowest BCUT2D eigenvalue weighted by molar-refractivity contribution is 0.388. The summed E-state index contributed by atoms with van der Waals surface area (Å²) in [6, 6.07) is 3.47. The zero-order valence-corrected chi connectivity index (χ0v) is 11.1. The minimum Gasteiger partial charge on any atom is -0.319 e. The average molecular weight is 302 g/mol. The third-order valence-electron chi connectivity index (χ3n) is 2.34. The number of thiophene rings is 1. The Balaban J connectivity index is 2.27. The zero-order chi connectivity index (χ0) is 11.8. The van der Waals surface area contributed by atoms with E-state index in [1.165, 1.54) is 10.7 Å². The second-order valence-electron chi connectivity index (χ2n) is 3.93. The number of nitrogens with zero attached hydrogens (tertiary/aromatic N) is 1. The molecule has 86 valence electrons. The second-order valence-corrected chi connectivity index (χ2v) is 5.76. The molecular weight excluding hydrogens is 290 g/mol. The van der Waals surface area contributed by atoms with Crippen molar-refractivity contribution in [3.63, 3.8) is 0 Å². The maximum Gasteiger partial charge on any atom is 0.266 e. The van der Waals surface area contributed by atoms with E-state index in [4.69, 9.17) is 5.73 Å². The molecule has 0 aromatic carbocycles. The Labute approximate surface area is 105 Å².